The van der Waals surface area contributed by atoms with Crippen LogP contribution < -0.4 is 10.1 Å². The van der Waals surface area contributed by atoms with Crippen LogP contribution in [0.3, 0.4) is 0 Å². The van der Waals surface area contributed by atoms with Crippen LogP contribution in [0.5, 0.6) is 5.75 Å². The van der Waals surface area contributed by atoms with Crippen LogP contribution >= 0.6 is 11.8 Å². The van der Waals surface area contributed by atoms with E-state index in [9.17, 15) is 8.42 Å². The molecule has 2 atom stereocenters. The number of aliphatic hydroxyl groups is 1. The van der Waals surface area contributed by atoms with Gasteiger partial charge in [0.05, 0.1) is 31.3 Å². The highest BCUT2D eigenvalue weighted by Crippen LogP contribution is 2.28. The molecule has 0 bridgehead atoms. The smallest absolute Gasteiger partial charge is 0.153 e. The molecule has 0 radical (unpaired) electrons. The largest absolute Gasteiger partial charge is 0.497 e. The maximum atomic E-state index is 11.8. The third-order valence-electron chi connectivity index (χ3n) is 3.17. The van der Waals surface area contributed by atoms with E-state index in [0.29, 0.717) is 5.75 Å². The van der Waals surface area contributed by atoms with Crippen LogP contribution in [0.4, 0.5) is 5.69 Å². The second kappa shape index (κ2) is 6.69. The summed E-state index contributed by atoms with van der Waals surface area (Å²) < 4.78 is 28.6. The standard InChI is InChI=1S/C13H19NO4S2/c1-18-11-4-2-10(3-5-11)14-12-8-20(16,17)9-13(12)19-7-6-15/h2-5,12-15H,6-9H2,1H3. The van der Waals surface area contributed by atoms with Gasteiger partial charge in [-0.1, -0.05) is 0 Å². The molecule has 1 saturated heterocycles. The molecule has 5 nitrogen and oxygen atoms in total. The molecule has 2 unspecified atom stereocenters. The third kappa shape index (κ3) is 4.04. The lowest BCUT2D eigenvalue weighted by Crippen LogP contribution is -2.30. The zero-order valence-electron chi connectivity index (χ0n) is 11.3. The molecule has 1 aromatic rings. The fourth-order valence-electron chi connectivity index (χ4n) is 2.22. The van der Waals surface area contributed by atoms with Crippen molar-refractivity contribution in [1.82, 2.24) is 0 Å². The summed E-state index contributed by atoms with van der Waals surface area (Å²) in [6.45, 7) is 0.0659. The van der Waals surface area contributed by atoms with Crippen molar-refractivity contribution in [2.45, 2.75) is 11.3 Å². The number of rotatable bonds is 6. The van der Waals surface area contributed by atoms with E-state index in [1.165, 1.54) is 11.8 Å². The van der Waals surface area contributed by atoms with Crippen LogP contribution in [0.25, 0.3) is 0 Å². The van der Waals surface area contributed by atoms with Gasteiger partial charge in [-0.2, -0.15) is 11.8 Å². The number of ether oxygens (including phenoxy) is 1. The van der Waals surface area contributed by atoms with Gasteiger partial charge in [0, 0.05) is 16.7 Å². The Morgan fingerprint density at radius 3 is 2.65 bits per heavy atom. The van der Waals surface area contributed by atoms with Crippen molar-refractivity contribution in [1.29, 1.82) is 0 Å². The first-order valence-corrected chi connectivity index (χ1v) is 9.24. The number of benzene rings is 1. The normalized spacial score (nSPS) is 24.5. The van der Waals surface area contributed by atoms with Gasteiger partial charge in [0.25, 0.3) is 0 Å². The van der Waals surface area contributed by atoms with Crippen LogP contribution in [0.1, 0.15) is 0 Å². The number of methoxy groups -OCH3 is 1. The van der Waals surface area contributed by atoms with Crippen molar-refractivity contribution in [2.75, 3.05) is 36.3 Å². The molecule has 1 heterocycles. The number of nitrogens with one attached hydrogen (secondary N) is 1. The molecule has 2 rings (SSSR count). The maximum Gasteiger partial charge on any atom is 0.153 e. The highest BCUT2D eigenvalue weighted by molar-refractivity contribution is 8.01. The van der Waals surface area contributed by atoms with E-state index in [-0.39, 0.29) is 29.4 Å². The highest BCUT2D eigenvalue weighted by atomic mass is 32.2. The number of hydrogen-bond donors (Lipinski definition) is 2. The molecule has 0 aromatic heterocycles. The van der Waals surface area contributed by atoms with E-state index in [1.54, 1.807) is 7.11 Å². The highest BCUT2D eigenvalue weighted by Gasteiger charge is 2.37. The molecule has 1 fully saturated rings. The van der Waals surface area contributed by atoms with E-state index in [2.05, 4.69) is 5.32 Å². The minimum absolute atomic E-state index is 0.0192. The van der Waals surface area contributed by atoms with Crippen molar-refractivity contribution in [3.63, 3.8) is 0 Å². The molecule has 1 aliphatic heterocycles. The number of thioether (sulfide) groups is 1. The quantitative estimate of drug-likeness (QED) is 0.815. The molecular weight excluding hydrogens is 298 g/mol. The van der Waals surface area contributed by atoms with Gasteiger partial charge in [-0.25, -0.2) is 8.42 Å². The van der Waals surface area contributed by atoms with Crippen molar-refractivity contribution < 1.29 is 18.3 Å². The van der Waals surface area contributed by atoms with Crippen molar-refractivity contribution >= 4 is 27.3 Å². The predicted molar refractivity (Wildman–Crippen MR) is 82.4 cm³/mol. The molecule has 1 aromatic carbocycles. The van der Waals surface area contributed by atoms with E-state index in [0.717, 1.165) is 11.4 Å². The van der Waals surface area contributed by atoms with Gasteiger partial charge in [0.2, 0.25) is 0 Å². The van der Waals surface area contributed by atoms with Gasteiger partial charge in [-0.3, -0.25) is 0 Å². The summed E-state index contributed by atoms with van der Waals surface area (Å²) in [5, 5.41) is 12.1. The molecule has 20 heavy (non-hydrogen) atoms. The molecule has 2 N–H and O–H groups in total. The number of hydrogen-bond acceptors (Lipinski definition) is 6. The van der Waals surface area contributed by atoms with E-state index >= 15 is 0 Å². The molecule has 0 spiro atoms. The Hall–Kier alpha value is -0.920. The van der Waals surface area contributed by atoms with Crippen molar-refractivity contribution in [3.05, 3.63) is 24.3 Å². The van der Waals surface area contributed by atoms with E-state index in [4.69, 9.17) is 9.84 Å². The van der Waals surface area contributed by atoms with Crippen molar-refractivity contribution in [2.24, 2.45) is 0 Å². The Morgan fingerprint density at radius 2 is 2.05 bits per heavy atom. The Balaban J connectivity index is 2.04. The van der Waals surface area contributed by atoms with E-state index in [1.807, 2.05) is 24.3 Å². The molecule has 0 saturated carbocycles. The zero-order valence-corrected chi connectivity index (χ0v) is 12.9. The van der Waals surface area contributed by atoms with Crippen LogP contribution in [0, 0.1) is 0 Å². The lowest BCUT2D eigenvalue weighted by atomic mass is 10.2. The Bertz CT molecular complexity index is 530. The van der Waals surface area contributed by atoms with Gasteiger partial charge < -0.3 is 15.2 Å². The first kappa shape index (κ1) is 15.5. The van der Waals surface area contributed by atoms with Gasteiger partial charge in [-0.15, -0.1) is 0 Å². The maximum absolute atomic E-state index is 11.8. The zero-order chi connectivity index (χ0) is 14.6. The fraction of sp³-hybridized carbons (Fsp3) is 0.538. The van der Waals surface area contributed by atoms with Gasteiger partial charge in [0.1, 0.15) is 5.75 Å². The second-order valence-electron chi connectivity index (χ2n) is 4.69. The number of sulfone groups is 1. The Kier molecular flexibility index (Phi) is 5.17. The van der Waals surface area contributed by atoms with Crippen LogP contribution in [-0.2, 0) is 9.84 Å². The molecule has 7 heteroatoms. The van der Waals surface area contributed by atoms with Crippen LogP contribution in [0.15, 0.2) is 24.3 Å². The minimum Gasteiger partial charge on any atom is -0.497 e. The molecule has 112 valence electrons. The topological polar surface area (TPSA) is 75.6 Å². The summed E-state index contributed by atoms with van der Waals surface area (Å²) in [6, 6.07) is 7.29. The van der Waals surface area contributed by atoms with Crippen LogP contribution in [0.2, 0.25) is 0 Å². The summed E-state index contributed by atoms with van der Waals surface area (Å²) in [6.07, 6.45) is 0. The van der Waals surface area contributed by atoms with Gasteiger partial charge >= 0.3 is 0 Å². The van der Waals surface area contributed by atoms with Gasteiger partial charge in [-0.05, 0) is 24.3 Å². The first-order valence-electron chi connectivity index (χ1n) is 6.37. The monoisotopic (exact) mass is 317 g/mol. The number of anilines is 1. The molecular formula is C13H19NO4S2. The Labute approximate surface area is 123 Å². The lowest BCUT2D eigenvalue weighted by Gasteiger charge is -2.20. The summed E-state index contributed by atoms with van der Waals surface area (Å²) >= 11 is 1.50. The van der Waals surface area contributed by atoms with Gasteiger partial charge in [0.15, 0.2) is 9.84 Å². The molecule has 1 aliphatic rings. The second-order valence-corrected chi connectivity index (χ2v) is 8.19. The summed E-state index contributed by atoms with van der Waals surface area (Å²) in [5.74, 6) is 1.63. The summed E-state index contributed by atoms with van der Waals surface area (Å²) in [7, 11) is -1.39. The Morgan fingerprint density at radius 1 is 1.35 bits per heavy atom. The molecule has 0 amide bonds. The van der Waals surface area contributed by atoms with Crippen LogP contribution in [-0.4, -0.2) is 55.8 Å². The lowest BCUT2D eigenvalue weighted by molar-refractivity contribution is 0.322. The first-order chi connectivity index (χ1) is 9.54. The van der Waals surface area contributed by atoms with E-state index < -0.39 is 9.84 Å². The third-order valence-corrected chi connectivity index (χ3v) is 6.45. The average molecular weight is 317 g/mol. The number of aliphatic hydroxyl groups excluding tert-OH is 1. The minimum atomic E-state index is -3.00. The SMILES string of the molecule is COc1ccc(NC2CS(=O)(=O)CC2SCCO)cc1. The molecule has 0 aliphatic carbocycles. The summed E-state index contributed by atoms with van der Waals surface area (Å²) in [4.78, 5) is 0. The average Bonchev–Trinajstić information content (AvgIpc) is 2.71. The fourth-order valence-corrected chi connectivity index (χ4v) is 5.88. The van der Waals surface area contributed by atoms with Crippen molar-refractivity contribution in [3.8, 4) is 5.75 Å². The predicted octanol–water partition coefficient (Wildman–Crippen LogP) is 0.998. The summed E-state index contributed by atoms with van der Waals surface area (Å²) in [5.41, 5.74) is 0.877.